The first-order valence-electron chi connectivity index (χ1n) is 27.6. The number of cyclic esters (lactones) is 2. The zero-order chi connectivity index (χ0) is 60.4. The van der Waals surface area contributed by atoms with Gasteiger partial charge in [0.05, 0.1) is 26.2 Å². The Balaban J connectivity index is 1.28. The zero-order valence-corrected chi connectivity index (χ0v) is 48.4. The maximum Gasteiger partial charge on any atom is 0.330 e. The predicted molar refractivity (Wildman–Crippen MR) is 303 cm³/mol. The summed E-state index contributed by atoms with van der Waals surface area (Å²) in [5, 5.41) is 5.46. The van der Waals surface area contributed by atoms with Crippen molar-refractivity contribution in [3.05, 3.63) is 137 Å². The van der Waals surface area contributed by atoms with Crippen LogP contribution in [0.4, 0.5) is 4.39 Å². The summed E-state index contributed by atoms with van der Waals surface area (Å²) in [6.07, 6.45) is 3.66. The molecule has 0 aromatic heterocycles. The number of methoxy groups -OCH3 is 2. The molecule has 2 aliphatic heterocycles. The van der Waals surface area contributed by atoms with Crippen LogP contribution in [0.5, 0.6) is 17.2 Å². The van der Waals surface area contributed by atoms with E-state index < -0.39 is 114 Å². The molecule has 4 aromatic rings. The Hall–Kier alpha value is -8.62. The molecule has 6 amide bonds. The summed E-state index contributed by atoms with van der Waals surface area (Å²) >= 11 is 0. The molecule has 1 fully saturated rings. The van der Waals surface area contributed by atoms with E-state index in [-0.39, 0.29) is 50.9 Å². The maximum absolute atomic E-state index is 14.5. The monoisotopic (exact) mass is 1150 g/mol. The number of likely N-dealkylation sites (N-methyl/N-ethyl adjacent to an activating group) is 3. The molecule has 2 heterocycles. The number of Topliss-reactive ketones (excluding diaryl/α,β-unsaturated/α-hetero) is 1. The van der Waals surface area contributed by atoms with Gasteiger partial charge >= 0.3 is 11.9 Å². The van der Waals surface area contributed by atoms with Crippen LogP contribution >= 0.6 is 0 Å². The smallest absolute Gasteiger partial charge is 0.330 e. The lowest BCUT2D eigenvalue weighted by molar-refractivity contribution is -0.165. The lowest BCUT2D eigenvalue weighted by Crippen LogP contribution is -2.58. The normalized spacial score (nSPS) is 22.2. The summed E-state index contributed by atoms with van der Waals surface area (Å²) in [4.78, 5) is 130. The minimum Gasteiger partial charge on any atom is -0.493 e. The van der Waals surface area contributed by atoms with E-state index in [2.05, 4.69) is 10.6 Å². The fourth-order valence-corrected chi connectivity index (χ4v) is 9.61. The second-order valence-electron chi connectivity index (χ2n) is 21.4. The molecular weight excluding hydrogens is 1070 g/mol. The van der Waals surface area contributed by atoms with Crippen molar-refractivity contribution in [2.24, 2.45) is 5.41 Å². The number of aryl methyl sites for hydroxylation is 1. The number of rotatable bonds is 9. The van der Waals surface area contributed by atoms with Crippen molar-refractivity contribution in [1.29, 1.82) is 0 Å². The molecule has 0 saturated carbocycles. The SMILES string of the molecule is COc1ccc(CC[C@H]2OC(=O)[C@@H]3CCCCN3C(=O)C(=O)C(C)(C)COC(=O)/C=C\CCN(C)C(=O)[C@H](Cc3ccc(F)cc3)NC(=O)[C@H](Cc3ccccc3)N(C)C(=O)[C@@H](C)NC(=O)CN(C)C(=O)COc3cccc2c3)cc1OC. The van der Waals surface area contributed by atoms with E-state index >= 15 is 0 Å². The number of amides is 6. The molecular formula is C62H75FN6O14. The molecule has 2 bridgehead atoms. The van der Waals surface area contributed by atoms with Gasteiger partial charge in [0.15, 0.2) is 18.1 Å². The van der Waals surface area contributed by atoms with Crippen LogP contribution in [0.1, 0.15) is 81.2 Å². The second kappa shape index (κ2) is 29.9. The van der Waals surface area contributed by atoms with Crippen LogP contribution < -0.4 is 24.8 Å². The number of carbonyl (C=O) groups excluding carboxylic acids is 9. The topological polar surface area (TPSA) is 237 Å². The van der Waals surface area contributed by atoms with Gasteiger partial charge in [0.2, 0.25) is 29.4 Å². The Labute approximate surface area is 483 Å². The van der Waals surface area contributed by atoms with Crippen LogP contribution in [0, 0.1) is 11.2 Å². The number of nitrogens with one attached hydrogen (secondary N) is 2. The Morgan fingerprint density at radius 2 is 1.42 bits per heavy atom. The molecule has 2 aliphatic rings. The van der Waals surface area contributed by atoms with E-state index in [4.69, 9.17) is 23.7 Å². The largest absolute Gasteiger partial charge is 0.493 e. The third-order valence-electron chi connectivity index (χ3n) is 14.6. The van der Waals surface area contributed by atoms with E-state index in [0.29, 0.717) is 47.5 Å². The molecule has 0 unspecified atom stereocenters. The van der Waals surface area contributed by atoms with Gasteiger partial charge in [-0.05, 0) is 118 Å². The lowest BCUT2D eigenvalue weighted by Gasteiger charge is -2.36. The molecule has 20 nitrogen and oxygen atoms in total. The summed E-state index contributed by atoms with van der Waals surface area (Å²) in [5.41, 5.74) is 1.01. The zero-order valence-electron chi connectivity index (χ0n) is 48.4. The highest BCUT2D eigenvalue weighted by atomic mass is 19.1. The van der Waals surface area contributed by atoms with Crippen molar-refractivity contribution in [2.45, 2.75) is 102 Å². The van der Waals surface area contributed by atoms with Gasteiger partial charge in [-0.2, -0.15) is 0 Å². The Kier molecular flexibility index (Phi) is 22.9. The van der Waals surface area contributed by atoms with Crippen LogP contribution in [-0.4, -0.2) is 165 Å². The quantitative estimate of drug-likeness (QED) is 0.163. The molecule has 6 rings (SSSR count). The van der Waals surface area contributed by atoms with E-state index in [9.17, 15) is 47.5 Å². The van der Waals surface area contributed by atoms with Crippen LogP contribution in [-0.2, 0) is 71.9 Å². The van der Waals surface area contributed by atoms with Crippen molar-refractivity contribution in [3.63, 3.8) is 0 Å². The summed E-state index contributed by atoms with van der Waals surface area (Å²) in [6, 6.07) is 21.6. The summed E-state index contributed by atoms with van der Waals surface area (Å²) < 4.78 is 42.7. The fourth-order valence-electron chi connectivity index (χ4n) is 9.61. The van der Waals surface area contributed by atoms with Gasteiger partial charge in [0.25, 0.3) is 11.8 Å². The van der Waals surface area contributed by atoms with Gasteiger partial charge in [-0.3, -0.25) is 33.6 Å². The van der Waals surface area contributed by atoms with Crippen molar-refractivity contribution >= 4 is 53.2 Å². The van der Waals surface area contributed by atoms with E-state index in [1.165, 1.54) is 101 Å². The Morgan fingerprint density at radius 3 is 2.13 bits per heavy atom. The number of fused-ring (bicyclic) bond motifs is 3. The third kappa shape index (κ3) is 17.9. The van der Waals surface area contributed by atoms with Crippen LogP contribution in [0.25, 0.3) is 0 Å². The van der Waals surface area contributed by atoms with E-state index in [0.717, 1.165) is 16.5 Å². The summed E-state index contributed by atoms with van der Waals surface area (Å²) in [6.45, 7) is 3.03. The number of benzene rings is 4. The molecule has 21 heteroatoms. The van der Waals surface area contributed by atoms with Crippen molar-refractivity contribution in [3.8, 4) is 17.2 Å². The minimum absolute atomic E-state index is 0.00955. The molecule has 0 spiro atoms. The van der Waals surface area contributed by atoms with Crippen LogP contribution in [0.3, 0.4) is 0 Å². The first-order chi connectivity index (χ1) is 39.6. The maximum atomic E-state index is 14.5. The number of esters is 2. The Bertz CT molecular complexity index is 2990. The highest BCUT2D eigenvalue weighted by molar-refractivity contribution is 6.38. The lowest BCUT2D eigenvalue weighted by atomic mass is 9.87. The summed E-state index contributed by atoms with van der Waals surface area (Å²) in [7, 11) is 7.34. The van der Waals surface area contributed by atoms with Gasteiger partial charge in [-0.1, -0.05) is 66.7 Å². The van der Waals surface area contributed by atoms with Gasteiger partial charge in [-0.25, -0.2) is 14.0 Å². The number of hydrogen-bond acceptors (Lipinski definition) is 14. The Morgan fingerprint density at radius 1 is 0.723 bits per heavy atom. The number of piperidine rings is 1. The van der Waals surface area contributed by atoms with Crippen LogP contribution in [0.2, 0.25) is 0 Å². The van der Waals surface area contributed by atoms with Gasteiger partial charge < -0.3 is 53.9 Å². The molecule has 4 aromatic carbocycles. The molecule has 1 saturated heterocycles. The first-order valence-corrected chi connectivity index (χ1v) is 27.6. The van der Waals surface area contributed by atoms with Gasteiger partial charge in [0, 0.05) is 53.2 Å². The van der Waals surface area contributed by atoms with Gasteiger partial charge in [0.1, 0.15) is 48.4 Å². The number of nitrogens with zero attached hydrogens (tertiary/aromatic N) is 4. The molecule has 5 atom stereocenters. The number of halogens is 1. The molecule has 444 valence electrons. The predicted octanol–water partition coefficient (Wildman–Crippen LogP) is 5.14. The van der Waals surface area contributed by atoms with Crippen molar-refractivity contribution in [1.82, 2.24) is 30.2 Å². The molecule has 0 radical (unpaired) electrons. The fraction of sp³-hybridized carbons (Fsp3) is 0.435. The number of hydrogen-bond donors (Lipinski definition) is 2. The standard InChI is InChI=1S/C62H75FN6O14/c1-40-58(75)68(6)49(34-41-17-10-9-11-18-41)57(74)65-47(33-42-23-27-45(63)28-24-42)59(76)66(4)31-14-13-22-55(72)82-39-62(2,3)56(73)60(77)69-32-15-12-21-48(69)61(78)83-50(29-25-43-26-30-51(79-7)52(35-43)80-8)44-19-16-20-46(36-44)81-38-54(71)67(5)37-53(70)64-40/h9-11,13,16-20,22-24,26-28,30,35-36,40,47-50H,12,14-15,21,25,29,31-34,37-39H2,1-8H3,(H,64,70)(H,65,74)/b22-13-/t40-,47+,48+,49+,50-/m1/s1. The number of ketones is 1. The first kappa shape index (κ1) is 63.6. The average molecular weight is 1150 g/mol. The number of carbonyl (C=O) groups is 9. The number of ether oxygens (including phenoxy) is 5. The van der Waals surface area contributed by atoms with E-state index in [1.54, 1.807) is 66.7 Å². The molecule has 0 aliphatic carbocycles. The summed E-state index contributed by atoms with van der Waals surface area (Å²) in [5.74, 6) is -5.83. The van der Waals surface area contributed by atoms with Crippen LogP contribution in [0.15, 0.2) is 109 Å². The highest BCUT2D eigenvalue weighted by Gasteiger charge is 2.43. The van der Waals surface area contributed by atoms with Crippen molar-refractivity contribution < 1.29 is 71.2 Å². The third-order valence-corrected chi connectivity index (χ3v) is 14.6. The minimum atomic E-state index is -1.52. The van der Waals surface area contributed by atoms with Crippen molar-refractivity contribution in [2.75, 3.05) is 68.2 Å². The molecule has 83 heavy (non-hydrogen) atoms. The van der Waals surface area contributed by atoms with E-state index in [1.807, 2.05) is 6.07 Å². The van der Waals surface area contributed by atoms with Gasteiger partial charge in [-0.15, -0.1) is 0 Å². The second-order valence-corrected chi connectivity index (χ2v) is 21.4. The highest BCUT2D eigenvalue weighted by Crippen LogP contribution is 2.33. The molecule has 2 N–H and O–H groups in total. The average Bonchev–Trinajstić information content (AvgIpc) is 3.52.